The summed E-state index contributed by atoms with van der Waals surface area (Å²) in [4.78, 5) is 0.0959. The van der Waals surface area contributed by atoms with Gasteiger partial charge in [-0.3, -0.25) is 10.9 Å². The van der Waals surface area contributed by atoms with Crippen LogP contribution in [0.15, 0.2) is 82.8 Å². The Balaban J connectivity index is 1.70. The number of para-hydroxylation sites is 1. The number of nitrogens with zero attached hydrogens (tertiary/aromatic N) is 2. The second-order valence-electron chi connectivity index (χ2n) is 6.53. The molecule has 0 aromatic heterocycles. The lowest BCUT2D eigenvalue weighted by Crippen LogP contribution is -2.54. The van der Waals surface area contributed by atoms with E-state index in [9.17, 15) is 13.5 Å². The Morgan fingerprint density at radius 1 is 1.00 bits per heavy atom. The van der Waals surface area contributed by atoms with E-state index >= 15 is 0 Å². The molecule has 0 amide bonds. The van der Waals surface area contributed by atoms with Crippen LogP contribution in [-0.4, -0.2) is 30.7 Å². The third-order valence-electron chi connectivity index (χ3n) is 4.39. The van der Waals surface area contributed by atoms with Gasteiger partial charge in [-0.05, 0) is 36.4 Å². The van der Waals surface area contributed by atoms with Crippen molar-refractivity contribution in [3.63, 3.8) is 0 Å². The summed E-state index contributed by atoms with van der Waals surface area (Å²) in [6.07, 6.45) is -1.02. The van der Waals surface area contributed by atoms with E-state index in [0.717, 1.165) is 0 Å². The highest BCUT2D eigenvalue weighted by atomic mass is 35.5. The van der Waals surface area contributed by atoms with Crippen LogP contribution in [0.5, 0.6) is 5.75 Å². The number of rotatable bonds is 6. The van der Waals surface area contributed by atoms with Crippen molar-refractivity contribution in [1.82, 2.24) is 15.2 Å². The number of benzene rings is 3. The minimum Gasteiger partial charge on any atom is -0.506 e. The number of hydrazone groups is 1. The van der Waals surface area contributed by atoms with Crippen molar-refractivity contribution in [2.45, 2.75) is 11.2 Å². The standard InChI is InChI=1S/C20H17Cl2N5O3S/c21-13-11-16(18(28)17(22)12-13)19-23-24-20(27(19)25-14-7-3-1-4-8-14)26-31(29,30)15-9-5-2-6-10-15/h1-12,20,24-26,28H/t20-/m1/s1. The average Bonchev–Trinajstić information content (AvgIpc) is 3.13. The van der Waals surface area contributed by atoms with Gasteiger partial charge in [0.05, 0.1) is 21.2 Å². The van der Waals surface area contributed by atoms with Gasteiger partial charge < -0.3 is 5.11 Å². The second kappa shape index (κ2) is 8.64. The number of phenols is 1. The first kappa shape index (κ1) is 21.3. The zero-order valence-electron chi connectivity index (χ0n) is 15.8. The van der Waals surface area contributed by atoms with Crippen LogP contribution in [0.25, 0.3) is 0 Å². The molecule has 11 heteroatoms. The quantitative estimate of drug-likeness (QED) is 0.432. The zero-order chi connectivity index (χ0) is 22.0. The third kappa shape index (κ3) is 4.54. The van der Waals surface area contributed by atoms with Crippen LogP contribution in [0.4, 0.5) is 5.69 Å². The summed E-state index contributed by atoms with van der Waals surface area (Å²) in [5.74, 6) is -0.0513. The Labute approximate surface area is 189 Å². The number of halogens is 2. The minimum absolute atomic E-state index is 0.0400. The molecule has 0 spiro atoms. The first-order chi connectivity index (χ1) is 14.8. The molecule has 160 valence electrons. The predicted molar refractivity (Wildman–Crippen MR) is 120 cm³/mol. The van der Waals surface area contributed by atoms with Crippen LogP contribution in [-0.2, 0) is 10.0 Å². The monoisotopic (exact) mass is 477 g/mol. The van der Waals surface area contributed by atoms with Gasteiger partial charge in [-0.2, -0.15) is 9.82 Å². The largest absolute Gasteiger partial charge is 0.506 e. The van der Waals surface area contributed by atoms with E-state index in [4.69, 9.17) is 23.2 Å². The summed E-state index contributed by atoms with van der Waals surface area (Å²) in [5, 5.41) is 16.4. The number of amidine groups is 1. The van der Waals surface area contributed by atoms with Crippen molar-refractivity contribution in [3.8, 4) is 5.75 Å². The van der Waals surface area contributed by atoms with Gasteiger partial charge in [-0.1, -0.05) is 59.6 Å². The highest BCUT2D eigenvalue weighted by Crippen LogP contribution is 2.33. The predicted octanol–water partition coefficient (Wildman–Crippen LogP) is 3.56. The molecule has 0 fully saturated rings. The molecular weight excluding hydrogens is 461 g/mol. The van der Waals surface area contributed by atoms with Crippen LogP contribution < -0.4 is 15.6 Å². The first-order valence-electron chi connectivity index (χ1n) is 9.05. The molecule has 0 unspecified atom stereocenters. The minimum atomic E-state index is -3.88. The van der Waals surface area contributed by atoms with E-state index in [-0.39, 0.29) is 32.1 Å². The summed E-state index contributed by atoms with van der Waals surface area (Å²) in [7, 11) is -3.88. The molecule has 31 heavy (non-hydrogen) atoms. The maximum Gasteiger partial charge on any atom is 0.243 e. The van der Waals surface area contributed by atoms with E-state index in [1.54, 1.807) is 30.3 Å². The van der Waals surface area contributed by atoms with Gasteiger partial charge in [0.15, 0.2) is 5.84 Å². The number of hydrogen-bond donors (Lipinski definition) is 4. The van der Waals surface area contributed by atoms with Gasteiger partial charge in [-0.15, -0.1) is 0 Å². The first-order valence-corrected chi connectivity index (χ1v) is 11.3. The van der Waals surface area contributed by atoms with Gasteiger partial charge in [0.25, 0.3) is 0 Å². The zero-order valence-corrected chi connectivity index (χ0v) is 18.2. The van der Waals surface area contributed by atoms with Gasteiger partial charge >= 0.3 is 0 Å². The van der Waals surface area contributed by atoms with E-state index in [1.807, 2.05) is 18.2 Å². The molecule has 8 nitrogen and oxygen atoms in total. The fourth-order valence-corrected chi connectivity index (χ4v) is 4.54. The topological polar surface area (TPSA) is 106 Å². The van der Waals surface area contributed by atoms with Crippen molar-refractivity contribution < 1.29 is 13.5 Å². The molecule has 4 rings (SSSR count). The molecule has 0 radical (unpaired) electrons. The molecule has 0 aliphatic carbocycles. The van der Waals surface area contributed by atoms with E-state index < -0.39 is 16.3 Å². The number of nitrogens with one attached hydrogen (secondary N) is 3. The molecule has 0 saturated heterocycles. The molecule has 3 aromatic rings. The third-order valence-corrected chi connectivity index (χ3v) is 6.32. The average molecular weight is 478 g/mol. The van der Waals surface area contributed by atoms with Crippen LogP contribution in [0.1, 0.15) is 5.56 Å². The Bertz CT molecular complexity index is 1220. The summed E-state index contributed by atoms with van der Waals surface area (Å²) in [6, 6.07) is 19.9. The number of sulfonamides is 1. The summed E-state index contributed by atoms with van der Waals surface area (Å²) < 4.78 is 28.3. The van der Waals surface area contributed by atoms with Gasteiger partial charge in [-0.25, -0.2) is 13.4 Å². The number of hydrazine groups is 1. The Morgan fingerprint density at radius 2 is 1.65 bits per heavy atom. The molecule has 1 heterocycles. The van der Waals surface area contributed by atoms with Gasteiger partial charge in [0, 0.05) is 5.02 Å². The van der Waals surface area contributed by atoms with Crippen molar-refractivity contribution >= 4 is 44.7 Å². The van der Waals surface area contributed by atoms with Crippen molar-refractivity contribution in [3.05, 3.63) is 88.4 Å². The summed E-state index contributed by atoms with van der Waals surface area (Å²) >= 11 is 12.2. The van der Waals surface area contributed by atoms with Gasteiger partial charge in [0.1, 0.15) is 5.75 Å². The fourth-order valence-electron chi connectivity index (χ4n) is 2.95. The summed E-state index contributed by atoms with van der Waals surface area (Å²) in [6.45, 7) is 0. The maximum absolute atomic E-state index is 12.9. The Morgan fingerprint density at radius 3 is 2.32 bits per heavy atom. The van der Waals surface area contributed by atoms with Crippen molar-refractivity contribution in [1.29, 1.82) is 0 Å². The van der Waals surface area contributed by atoms with E-state index in [2.05, 4.69) is 20.7 Å². The molecule has 1 aliphatic rings. The lowest BCUT2D eigenvalue weighted by atomic mass is 10.1. The van der Waals surface area contributed by atoms with Crippen LogP contribution >= 0.6 is 23.2 Å². The molecule has 1 atom stereocenters. The van der Waals surface area contributed by atoms with Crippen LogP contribution in [0, 0.1) is 0 Å². The molecule has 0 saturated carbocycles. The lowest BCUT2D eigenvalue weighted by Gasteiger charge is -2.29. The fraction of sp³-hybridized carbons (Fsp3) is 0.0500. The highest BCUT2D eigenvalue weighted by molar-refractivity contribution is 7.89. The van der Waals surface area contributed by atoms with Crippen molar-refractivity contribution in [2.24, 2.45) is 5.10 Å². The van der Waals surface area contributed by atoms with Crippen LogP contribution in [0.3, 0.4) is 0 Å². The molecule has 0 bridgehead atoms. The smallest absolute Gasteiger partial charge is 0.243 e. The number of phenolic OH excluding ortho intramolecular Hbond substituents is 1. The molecular formula is C20H17Cl2N5O3S. The maximum atomic E-state index is 12.9. The summed E-state index contributed by atoms with van der Waals surface area (Å²) in [5.41, 5.74) is 6.71. The molecule has 1 aliphatic heterocycles. The Kier molecular flexibility index (Phi) is 5.92. The molecule has 3 aromatic carbocycles. The second-order valence-corrected chi connectivity index (χ2v) is 9.09. The van der Waals surface area contributed by atoms with Gasteiger partial charge in [0.2, 0.25) is 16.3 Å². The van der Waals surface area contributed by atoms with E-state index in [0.29, 0.717) is 5.69 Å². The van der Waals surface area contributed by atoms with Crippen molar-refractivity contribution in [2.75, 3.05) is 5.43 Å². The highest BCUT2D eigenvalue weighted by Gasteiger charge is 2.34. The number of anilines is 1. The normalized spacial score (nSPS) is 16.0. The SMILES string of the molecule is O=S(=O)(N[C@H]1NN=C(c2cc(Cl)cc(Cl)c2O)N1Nc1ccccc1)c1ccccc1. The molecule has 4 N–H and O–H groups in total. The van der Waals surface area contributed by atoms with Crippen LogP contribution in [0.2, 0.25) is 10.0 Å². The van der Waals surface area contributed by atoms with E-state index in [1.165, 1.54) is 29.3 Å². The lowest BCUT2D eigenvalue weighted by molar-refractivity contribution is 0.325. The number of aromatic hydroxyl groups is 1. The Hall–Kier alpha value is -2.98. The number of hydrogen-bond acceptors (Lipinski definition) is 7.